The Morgan fingerprint density at radius 1 is 1.00 bits per heavy atom. The fourth-order valence-corrected chi connectivity index (χ4v) is 5.31. The van der Waals surface area contributed by atoms with E-state index >= 15 is 0 Å². The second kappa shape index (κ2) is 6.54. The van der Waals surface area contributed by atoms with Crippen molar-refractivity contribution in [3.05, 3.63) is 0 Å². The van der Waals surface area contributed by atoms with Gasteiger partial charge >= 0.3 is 0 Å². The van der Waals surface area contributed by atoms with Gasteiger partial charge in [0.25, 0.3) is 0 Å². The largest absolute Gasteiger partial charge is 0.259 e. The van der Waals surface area contributed by atoms with Gasteiger partial charge in [-0.2, -0.15) is 5.26 Å². The highest BCUT2D eigenvalue weighted by molar-refractivity contribution is 7.85. The molecule has 2 aliphatic carbocycles. The molecule has 0 N–H and O–H groups in total. The van der Waals surface area contributed by atoms with E-state index in [1.807, 2.05) is 0 Å². The highest BCUT2D eigenvalue weighted by atomic mass is 32.2. The van der Waals surface area contributed by atoms with E-state index in [1.54, 1.807) is 0 Å². The number of rotatable bonds is 3. The molecule has 0 spiro atoms. The molecule has 0 amide bonds. The summed E-state index contributed by atoms with van der Waals surface area (Å²) in [5.74, 6) is 1.60. The summed E-state index contributed by atoms with van der Waals surface area (Å²) in [6, 6.07) is 2.41. The number of hydrogen-bond acceptors (Lipinski definition) is 2. The maximum Gasteiger partial charge on any atom is 0.0668 e. The van der Waals surface area contributed by atoms with Crippen molar-refractivity contribution in [3.63, 3.8) is 0 Å². The third-order valence-electron chi connectivity index (χ3n) is 4.33. The Morgan fingerprint density at radius 3 is 2.35 bits per heavy atom. The van der Waals surface area contributed by atoms with Crippen LogP contribution in [-0.4, -0.2) is 15.2 Å². The van der Waals surface area contributed by atoms with Crippen molar-refractivity contribution < 1.29 is 4.21 Å². The molecule has 0 aromatic heterocycles. The molecule has 2 aliphatic rings. The summed E-state index contributed by atoms with van der Waals surface area (Å²) in [4.78, 5) is 0. The molecule has 0 saturated heterocycles. The molecule has 0 heterocycles. The van der Waals surface area contributed by atoms with Crippen LogP contribution in [0.15, 0.2) is 0 Å². The van der Waals surface area contributed by atoms with Gasteiger partial charge in [0.2, 0.25) is 0 Å². The molecule has 3 atom stereocenters. The smallest absolute Gasteiger partial charge is 0.0668 e. The molecule has 0 aromatic rings. The number of nitriles is 1. The van der Waals surface area contributed by atoms with Crippen molar-refractivity contribution >= 4 is 10.8 Å². The molecule has 2 fully saturated rings. The Balaban J connectivity index is 1.92. The van der Waals surface area contributed by atoms with E-state index in [1.165, 1.54) is 38.5 Å². The van der Waals surface area contributed by atoms with Crippen molar-refractivity contribution in [1.29, 1.82) is 5.26 Å². The van der Waals surface area contributed by atoms with E-state index in [-0.39, 0.29) is 11.2 Å². The van der Waals surface area contributed by atoms with Crippen LogP contribution in [0.4, 0.5) is 0 Å². The first kappa shape index (κ1) is 13.1. The van der Waals surface area contributed by atoms with E-state index in [0.717, 1.165) is 25.0 Å². The van der Waals surface area contributed by atoms with Gasteiger partial charge in [0, 0.05) is 16.6 Å². The molecule has 96 valence electrons. The lowest BCUT2D eigenvalue weighted by atomic mass is 10.0. The Morgan fingerprint density at radius 2 is 1.65 bits per heavy atom. The standard InChI is InChI=1S/C14H23NOS/c15-10-13-8-2-1-3-9-14(13)17(16)11-12-6-4-5-7-12/h12-14H,1-9,11H2. The van der Waals surface area contributed by atoms with Crippen LogP contribution in [0, 0.1) is 23.2 Å². The molecule has 3 heteroatoms. The predicted octanol–water partition coefficient (Wildman–Crippen LogP) is 3.40. The van der Waals surface area contributed by atoms with Crippen LogP contribution in [0.2, 0.25) is 0 Å². The summed E-state index contributed by atoms with van der Waals surface area (Å²) in [6.07, 6.45) is 10.7. The Hall–Kier alpha value is -0.360. The Bertz CT molecular complexity index is 304. The monoisotopic (exact) mass is 253 g/mol. The van der Waals surface area contributed by atoms with Gasteiger partial charge in [-0.15, -0.1) is 0 Å². The molecular formula is C14H23NOS. The van der Waals surface area contributed by atoms with Crippen molar-refractivity contribution in [2.24, 2.45) is 11.8 Å². The Labute approximate surface area is 107 Å². The average molecular weight is 253 g/mol. The molecule has 2 rings (SSSR count). The van der Waals surface area contributed by atoms with E-state index in [2.05, 4.69) is 6.07 Å². The van der Waals surface area contributed by atoms with Crippen LogP contribution < -0.4 is 0 Å². The summed E-state index contributed by atoms with van der Waals surface area (Å²) in [6.45, 7) is 0. The first-order chi connectivity index (χ1) is 8.31. The van der Waals surface area contributed by atoms with Crippen molar-refractivity contribution in [1.82, 2.24) is 0 Å². The second-order valence-electron chi connectivity index (χ2n) is 5.61. The third kappa shape index (κ3) is 3.55. The molecule has 0 radical (unpaired) electrons. The summed E-state index contributed by atoms with van der Waals surface area (Å²) in [5, 5.41) is 9.38. The lowest BCUT2D eigenvalue weighted by molar-refractivity contribution is 0.550. The lowest BCUT2D eigenvalue weighted by Crippen LogP contribution is -2.27. The maximum atomic E-state index is 12.4. The van der Waals surface area contributed by atoms with Crippen LogP contribution >= 0.6 is 0 Å². The van der Waals surface area contributed by atoms with Crippen molar-refractivity contribution in [2.45, 2.75) is 63.0 Å². The average Bonchev–Trinajstić information content (AvgIpc) is 2.71. The first-order valence-corrected chi connectivity index (χ1v) is 8.46. The van der Waals surface area contributed by atoms with Gasteiger partial charge < -0.3 is 0 Å². The van der Waals surface area contributed by atoms with Crippen molar-refractivity contribution in [3.8, 4) is 6.07 Å². The van der Waals surface area contributed by atoms with Gasteiger partial charge in [0.15, 0.2) is 0 Å². The molecule has 0 bridgehead atoms. The predicted molar refractivity (Wildman–Crippen MR) is 70.9 cm³/mol. The van der Waals surface area contributed by atoms with Gasteiger partial charge in [0.05, 0.1) is 17.2 Å². The van der Waals surface area contributed by atoms with Crippen LogP contribution in [0.25, 0.3) is 0 Å². The zero-order valence-corrected chi connectivity index (χ0v) is 11.4. The quantitative estimate of drug-likeness (QED) is 0.723. The van der Waals surface area contributed by atoms with E-state index in [9.17, 15) is 9.47 Å². The Kier molecular flexibility index (Phi) is 5.03. The topological polar surface area (TPSA) is 40.9 Å². The summed E-state index contributed by atoms with van der Waals surface area (Å²) in [5.41, 5.74) is 0. The van der Waals surface area contributed by atoms with Gasteiger partial charge in [-0.25, -0.2) is 0 Å². The number of nitrogens with zero attached hydrogens (tertiary/aromatic N) is 1. The second-order valence-corrected chi connectivity index (χ2v) is 7.31. The van der Waals surface area contributed by atoms with Gasteiger partial charge in [-0.3, -0.25) is 4.21 Å². The molecule has 2 saturated carbocycles. The van der Waals surface area contributed by atoms with Crippen LogP contribution in [0.3, 0.4) is 0 Å². The minimum absolute atomic E-state index is 0.0553. The number of hydrogen-bond donors (Lipinski definition) is 0. The molecule has 17 heavy (non-hydrogen) atoms. The zero-order chi connectivity index (χ0) is 12.1. The van der Waals surface area contributed by atoms with Crippen molar-refractivity contribution in [2.75, 3.05) is 5.75 Å². The summed E-state index contributed by atoms with van der Waals surface area (Å²) >= 11 is 0. The fourth-order valence-electron chi connectivity index (χ4n) is 3.27. The fraction of sp³-hybridized carbons (Fsp3) is 0.929. The normalized spacial score (nSPS) is 32.9. The maximum absolute atomic E-state index is 12.4. The van der Waals surface area contributed by atoms with E-state index < -0.39 is 10.8 Å². The van der Waals surface area contributed by atoms with Gasteiger partial charge in [0.1, 0.15) is 0 Å². The van der Waals surface area contributed by atoms with Gasteiger partial charge in [-0.05, 0) is 31.6 Å². The SMILES string of the molecule is N#CC1CCCCCC1S(=O)CC1CCCC1. The highest BCUT2D eigenvalue weighted by Crippen LogP contribution is 2.31. The van der Waals surface area contributed by atoms with Gasteiger partial charge in [-0.1, -0.05) is 32.1 Å². The lowest BCUT2D eigenvalue weighted by Gasteiger charge is -2.20. The van der Waals surface area contributed by atoms with Crippen LogP contribution in [0.5, 0.6) is 0 Å². The summed E-state index contributed by atoms with van der Waals surface area (Å²) < 4.78 is 12.4. The zero-order valence-electron chi connectivity index (χ0n) is 10.6. The highest BCUT2D eigenvalue weighted by Gasteiger charge is 2.30. The van der Waals surface area contributed by atoms with Crippen LogP contribution in [0.1, 0.15) is 57.8 Å². The molecule has 3 unspecified atom stereocenters. The molecule has 0 aromatic carbocycles. The minimum Gasteiger partial charge on any atom is -0.259 e. The molecular weight excluding hydrogens is 230 g/mol. The van der Waals surface area contributed by atoms with Crippen LogP contribution in [-0.2, 0) is 10.8 Å². The summed E-state index contributed by atoms with van der Waals surface area (Å²) in [7, 11) is -0.760. The minimum atomic E-state index is -0.760. The molecule has 2 nitrogen and oxygen atoms in total. The van der Waals surface area contributed by atoms with E-state index in [4.69, 9.17) is 0 Å². The molecule has 0 aliphatic heterocycles. The third-order valence-corrected chi connectivity index (χ3v) is 6.37. The first-order valence-electron chi connectivity index (χ1n) is 7.08. The van der Waals surface area contributed by atoms with E-state index in [0.29, 0.717) is 5.92 Å².